The number of ketones is 1. The normalized spacial score (nSPS) is 26.0. The second kappa shape index (κ2) is 9.86. The average Bonchev–Trinajstić information content (AvgIpc) is 2.57. The van der Waals surface area contributed by atoms with Gasteiger partial charge in [0.15, 0.2) is 0 Å². The van der Waals surface area contributed by atoms with Gasteiger partial charge in [0.05, 0.1) is 12.7 Å². The lowest BCUT2D eigenvalue weighted by atomic mass is 9.79. The summed E-state index contributed by atoms with van der Waals surface area (Å²) >= 11 is 0. The molecule has 0 heterocycles. The zero-order chi connectivity index (χ0) is 21.8. The highest BCUT2D eigenvalue weighted by atomic mass is 31.2. The smallest absolute Gasteiger partial charge is 0.327 e. The van der Waals surface area contributed by atoms with Crippen molar-refractivity contribution in [1.82, 2.24) is 0 Å². The average molecular weight is 419 g/mol. The highest BCUT2D eigenvalue weighted by Gasteiger charge is 2.44. The van der Waals surface area contributed by atoms with Crippen LogP contribution >= 0.6 is 7.60 Å². The first-order chi connectivity index (χ1) is 12.7. The summed E-state index contributed by atoms with van der Waals surface area (Å²) in [5, 5.41) is 0. The molecule has 0 aromatic rings. The Labute approximate surface area is 170 Å². The SMILES string of the molecule is CCC(C)C1CCC(OP(C)(=O)OCC(C)(C(C)=O)C(=O)OC(C)(C)C)CC1. The van der Waals surface area contributed by atoms with Crippen molar-refractivity contribution in [2.24, 2.45) is 17.3 Å². The molecule has 1 fully saturated rings. The third kappa shape index (κ3) is 7.61. The van der Waals surface area contributed by atoms with Crippen LogP contribution in [0.25, 0.3) is 0 Å². The Kier molecular flexibility index (Phi) is 8.92. The van der Waals surface area contributed by atoms with Gasteiger partial charge in [-0.05, 0) is 72.1 Å². The molecule has 1 rings (SSSR count). The number of ether oxygens (including phenoxy) is 1. The van der Waals surface area contributed by atoms with Crippen LogP contribution in [0.4, 0.5) is 0 Å². The minimum Gasteiger partial charge on any atom is -0.459 e. The minimum atomic E-state index is -3.40. The van der Waals surface area contributed by atoms with Crippen molar-refractivity contribution in [2.75, 3.05) is 13.3 Å². The van der Waals surface area contributed by atoms with Gasteiger partial charge in [0.25, 0.3) is 0 Å². The molecule has 3 atom stereocenters. The number of esters is 1. The van der Waals surface area contributed by atoms with Gasteiger partial charge in [-0.3, -0.25) is 14.2 Å². The van der Waals surface area contributed by atoms with Gasteiger partial charge in [-0.15, -0.1) is 0 Å². The molecule has 164 valence electrons. The van der Waals surface area contributed by atoms with Crippen LogP contribution in [0.5, 0.6) is 0 Å². The van der Waals surface area contributed by atoms with E-state index in [0.29, 0.717) is 11.8 Å². The number of carbonyl (C=O) groups excluding carboxylic acids is 2. The third-order valence-corrected chi connectivity index (χ3v) is 7.00. The fraction of sp³-hybridized carbons (Fsp3) is 0.905. The van der Waals surface area contributed by atoms with Crippen LogP contribution in [0.2, 0.25) is 0 Å². The standard InChI is InChI=1S/C21H39O6P/c1-9-15(2)17-10-12-18(13-11-17)27-28(8,24)25-14-21(7,16(3)22)19(23)26-20(4,5)6/h15,17-18H,9-14H2,1-8H3. The highest BCUT2D eigenvalue weighted by Crippen LogP contribution is 2.49. The van der Waals surface area contributed by atoms with Gasteiger partial charge in [-0.2, -0.15) is 0 Å². The van der Waals surface area contributed by atoms with Gasteiger partial charge < -0.3 is 13.8 Å². The Bertz CT molecular complexity index is 588. The van der Waals surface area contributed by atoms with Crippen molar-refractivity contribution in [3.63, 3.8) is 0 Å². The van der Waals surface area contributed by atoms with Crippen LogP contribution in [0.1, 0.15) is 80.6 Å². The zero-order valence-electron chi connectivity index (χ0n) is 18.9. The molecule has 6 nitrogen and oxygen atoms in total. The molecule has 1 saturated carbocycles. The quantitative estimate of drug-likeness (QED) is 0.284. The molecular weight excluding hydrogens is 379 g/mol. The van der Waals surface area contributed by atoms with Gasteiger partial charge in [0.1, 0.15) is 16.8 Å². The number of rotatable bonds is 9. The maximum Gasteiger partial charge on any atom is 0.327 e. The zero-order valence-corrected chi connectivity index (χ0v) is 19.8. The van der Waals surface area contributed by atoms with Crippen molar-refractivity contribution >= 4 is 19.3 Å². The van der Waals surface area contributed by atoms with Crippen molar-refractivity contribution in [2.45, 2.75) is 92.3 Å². The van der Waals surface area contributed by atoms with Gasteiger partial charge in [-0.25, -0.2) is 0 Å². The first kappa shape index (κ1) is 25.3. The Morgan fingerprint density at radius 3 is 2.07 bits per heavy atom. The van der Waals surface area contributed by atoms with Crippen LogP contribution in [0.3, 0.4) is 0 Å². The van der Waals surface area contributed by atoms with Gasteiger partial charge >= 0.3 is 13.6 Å². The molecule has 0 bridgehead atoms. The van der Waals surface area contributed by atoms with Crippen molar-refractivity contribution in [3.8, 4) is 0 Å². The fourth-order valence-electron chi connectivity index (χ4n) is 3.34. The molecule has 0 aliphatic heterocycles. The first-order valence-corrected chi connectivity index (χ1v) is 12.3. The molecule has 28 heavy (non-hydrogen) atoms. The van der Waals surface area contributed by atoms with E-state index in [1.165, 1.54) is 26.9 Å². The first-order valence-electron chi connectivity index (χ1n) is 10.3. The van der Waals surface area contributed by atoms with Crippen LogP contribution in [0, 0.1) is 17.3 Å². The van der Waals surface area contributed by atoms with E-state index in [-0.39, 0.29) is 12.7 Å². The van der Waals surface area contributed by atoms with E-state index in [0.717, 1.165) is 25.7 Å². The third-order valence-electron chi connectivity index (χ3n) is 5.72. The van der Waals surface area contributed by atoms with E-state index in [1.54, 1.807) is 20.8 Å². The summed E-state index contributed by atoms with van der Waals surface area (Å²) in [5.74, 6) is 0.309. The number of Topliss-reactive ketones (excluding diaryl/α,β-unsaturated/α-hetero) is 1. The molecule has 1 aliphatic carbocycles. The molecular formula is C21H39O6P. The van der Waals surface area contributed by atoms with Crippen LogP contribution in [-0.4, -0.2) is 36.7 Å². The summed E-state index contributed by atoms with van der Waals surface area (Å²) in [4.78, 5) is 24.6. The topological polar surface area (TPSA) is 78.9 Å². The summed E-state index contributed by atoms with van der Waals surface area (Å²) in [6.07, 6.45) is 4.88. The van der Waals surface area contributed by atoms with E-state index in [1.807, 2.05) is 0 Å². The van der Waals surface area contributed by atoms with Crippen LogP contribution in [0.15, 0.2) is 0 Å². The van der Waals surface area contributed by atoms with E-state index >= 15 is 0 Å². The molecule has 1 aliphatic rings. The molecule has 0 aromatic carbocycles. The highest BCUT2D eigenvalue weighted by molar-refractivity contribution is 7.53. The number of hydrogen-bond donors (Lipinski definition) is 0. The maximum absolute atomic E-state index is 12.8. The van der Waals surface area contributed by atoms with Crippen molar-refractivity contribution < 1.29 is 27.9 Å². The van der Waals surface area contributed by atoms with Crippen molar-refractivity contribution in [1.29, 1.82) is 0 Å². The fourth-order valence-corrected chi connectivity index (χ4v) is 4.64. The van der Waals surface area contributed by atoms with Crippen molar-refractivity contribution in [3.05, 3.63) is 0 Å². The lowest BCUT2D eigenvalue weighted by Crippen LogP contribution is -2.43. The Balaban J connectivity index is 2.66. The van der Waals surface area contributed by atoms with Gasteiger partial charge in [0, 0.05) is 6.66 Å². The van der Waals surface area contributed by atoms with Gasteiger partial charge in [-0.1, -0.05) is 20.3 Å². The van der Waals surface area contributed by atoms with Gasteiger partial charge in [0.2, 0.25) is 0 Å². The number of hydrogen-bond acceptors (Lipinski definition) is 6. The maximum atomic E-state index is 12.8. The molecule has 0 radical (unpaired) electrons. The summed E-state index contributed by atoms with van der Waals surface area (Å²) in [6.45, 7) is 13.5. The summed E-state index contributed by atoms with van der Waals surface area (Å²) in [6, 6.07) is 0. The second-order valence-electron chi connectivity index (χ2n) is 9.46. The largest absolute Gasteiger partial charge is 0.459 e. The minimum absolute atomic E-state index is 0.110. The summed E-state index contributed by atoms with van der Waals surface area (Å²) < 4.78 is 29.4. The molecule has 0 spiro atoms. The van der Waals surface area contributed by atoms with E-state index in [9.17, 15) is 14.2 Å². The lowest BCUT2D eigenvalue weighted by molar-refractivity contribution is -0.170. The Morgan fingerprint density at radius 1 is 1.11 bits per heavy atom. The molecule has 7 heteroatoms. The molecule has 0 N–H and O–H groups in total. The Hall–Kier alpha value is -0.710. The monoisotopic (exact) mass is 418 g/mol. The Morgan fingerprint density at radius 2 is 1.64 bits per heavy atom. The summed E-state index contributed by atoms with van der Waals surface area (Å²) in [5.41, 5.74) is -2.25. The molecule has 3 unspecified atom stereocenters. The van der Waals surface area contributed by atoms with Crippen LogP contribution < -0.4 is 0 Å². The molecule has 0 aromatic heterocycles. The molecule has 0 saturated heterocycles. The lowest BCUT2D eigenvalue weighted by Gasteiger charge is -2.34. The predicted molar refractivity (Wildman–Crippen MR) is 110 cm³/mol. The van der Waals surface area contributed by atoms with E-state index in [2.05, 4.69) is 13.8 Å². The van der Waals surface area contributed by atoms with E-state index in [4.69, 9.17) is 13.8 Å². The summed E-state index contributed by atoms with van der Waals surface area (Å²) in [7, 11) is -3.40. The predicted octanol–water partition coefficient (Wildman–Crippen LogP) is 5.38. The number of carbonyl (C=O) groups is 2. The van der Waals surface area contributed by atoms with Crippen LogP contribution in [-0.2, 0) is 27.9 Å². The molecule has 0 amide bonds. The second-order valence-corrected chi connectivity index (χ2v) is 11.5. The van der Waals surface area contributed by atoms with E-state index < -0.39 is 30.4 Å².